The molecule has 1 rings (SSSR count). The lowest BCUT2D eigenvalue weighted by atomic mass is 9.82. The van der Waals surface area contributed by atoms with Gasteiger partial charge in [0.1, 0.15) is 6.04 Å². The van der Waals surface area contributed by atoms with Crippen LogP contribution in [-0.4, -0.2) is 41.6 Å². The van der Waals surface area contributed by atoms with Gasteiger partial charge in [-0.2, -0.15) is 0 Å². The predicted molar refractivity (Wildman–Crippen MR) is 107 cm³/mol. The Balaban J connectivity index is 3.34. The molecule has 0 spiro atoms. The van der Waals surface area contributed by atoms with E-state index in [1.807, 2.05) is 0 Å². The van der Waals surface area contributed by atoms with Crippen LogP contribution in [0.3, 0.4) is 0 Å². The average Bonchev–Trinajstić information content (AvgIpc) is 2.73. The molecule has 0 fully saturated rings. The molecule has 0 amide bonds. The molecule has 0 aliphatic heterocycles. The van der Waals surface area contributed by atoms with Crippen molar-refractivity contribution in [3.8, 4) is 11.5 Å². The highest BCUT2D eigenvalue weighted by Crippen LogP contribution is 2.36. The summed E-state index contributed by atoms with van der Waals surface area (Å²) in [6.07, 6.45) is 0.402. The molecule has 3 N–H and O–H groups in total. The second-order valence-electron chi connectivity index (χ2n) is 6.77. The van der Waals surface area contributed by atoms with Gasteiger partial charge in [0.05, 0.1) is 6.61 Å². The van der Waals surface area contributed by atoms with Gasteiger partial charge in [-0.25, -0.2) is 0 Å². The van der Waals surface area contributed by atoms with E-state index in [1.165, 1.54) is 12.1 Å². The SMILES string of the molecule is CCC(=O)OCC(C)C(c1ccc(OC(=O)CC)c(OC(=O)CC)c1)[C@H](N)C(=O)O. The fourth-order valence-corrected chi connectivity index (χ4v) is 2.76. The van der Waals surface area contributed by atoms with Crippen molar-refractivity contribution in [2.24, 2.45) is 11.7 Å². The molecule has 1 aromatic rings. The van der Waals surface area contributed by atoms with Gasteiger partial charge in [0.25, 0.3) is 0 Å². The van der Waals surface area contributed by atoms with E-state index in [-0.39, 0.29) is 37.4 Å². The number of carboxylic acids is 1. The fourth-order valence-electron chi connectivity index (χ4n) is 2.76. The Morgan fingerprint density at radius 3 is 1.97 bits per heavy atom. The largest absolute Gasteiger partial charge is 0.480 e. The van der Waals surface area contributed by atoms with E-state index in [0.29, 0.717) is 5.56 Å². The van der Waals surface area contributed by atoms with Crippen LogP contribution in [0.2, 0.25) is 0 Å². The van der Waals surface area contributed by atoms with E-state index in [0.717, 1.165) is 0 Å². The Labute approximate surface area is 175 Å². The number of esters is 3. The molecule has 0 radical (unpaired) electrons. The first kappa shape index (κ1) is 25.1. The molecule has 3 atom stereocenters. The van der Waals surface area contributed by atoms with Crippen molar-refractivity contribution in [1.29, 1.82) is 0 Å². The van der Waals surface area contributed by atoms with Gasteiger partial charge in [0.15, 0.2) is 11.5 Å². The minimum Gasteiger partial charge on any atom is -0.480 e. The van der Waals surface area contributed by atoms with Gasteiger partial charge in [-0.15, -0.1) is 0 Å². The number of aliphatic carboxylic acids is 1. The average molecular weight is 423 g/mol. The summed E-state index contributed by atoms with van der Waals surface area (Å²) in [5.41, 5.74) is 6.36. The number of hydrogen-bond donors (Lipinski definition) is 2. The Morgan fingerprint density at radius 2 is 1.47 bits per heavy atom. The number of carbonyl (C=O) groups excluding carboxylic acids is 3. The van der Waals surface area contributed by atoms with Crippen LogP contribution in [0.15, 0.2) is 18.2 Å². The fraction of sp³-hybridized carbons (Fsp3) is 0.524. The topological polar surface area (TPSA) is 142 Å². The van der Waals surface area contributed by atoms with Crippen LogP contribution >= 0.6 is 0 Å². The summed E-state index contributed by atoms with van der Waals surface area (Å²) in [5, 5.41) is 9.46. The number of carboxylic acid groups (broad SMARTS) is 1. The van der Waals surface area contributed by atoms with Crippen molar-refractivity contribution in [3.63, 3.8) is 0 Å². The number of rotatable bonds is 11. The van der Waals surface area contributed by atoms with E-state index in [9.17, 15) is 24.3 Å². The van der Waals surface area contributed by atoms with Crippen molar-refractivity contribution in [1.82, 2.24) is 0 Å². The summed E-state index contributed by atoms with van der Waals surface area (Å²) in [4.78, 5) is 46.6. The number of hydrogen-bond acceptors (Lipinski definition) is 8. The van der Waals surface area contributed by atoms with Crippen LogP contribution in [0.25, 0.3) is 0 Å². The minimum atomic E-state index is -1.31. The lowest BCUT2D eigenvalue weighted by molar-refractivity contribution is -0.145. The summed E-state index contributed by atoms with van der Waals surface area (Å²) in [5.74, 6) is -3.90. The van der Waals surface area contributed by atoms with Gasteiger partial charge in [-0.3, -0.25) is 19.2 Å². The Bertz CT molecular complexity index is 776. The first-order valence-electron chi connectivity index (χ1n) is 9.83. The van der Waals surface area contributed by atoms with E-state index >= 15 is 0 Å². The van der Waals surface area contributed by atoms with Crippen LogP contribution in [0.5, 0.6) is 11.5 Å². The van der Waals surface area contributed by atoms with E-state index < -0.39 is 41.8 Å². The van der Waals surface area contributed by atoms with Gasteiger partial charge in [-0.1, -0.05) is 33.8 Å². The van der Waals surface area contributed by atoms with E-state index in [2.05, 4.69) is 0 Å². The van der Waals surface area contributed by atoms with Crippen LogP contribution in [-0.2, 0) is 23.9 Å². The Hall–Kier alpha value is -2.94. The maximum absolute atomic E-state index is 11.8. The highest BCUT2D eigenvalue weighted by Gasteiger charge is 2.32. The van der Waals surface area contributed by atoms with Crippen LogP contribution in [0.1, 0.15) is 58.4 Å². The predicted octanol–water partition coefficient (Wildman–Crippen LogP) is 2.40. The second-order valence-corrected chi connectivity index (χ2v) is 6.77. The van der Waals surface area contributed by atoms with Crippen LogP contribution in [0, 0.1) is 5.92 Å². The third-order valence-corrected chi connectivity index (χ3v) is 4.46. The monoisotopic (exact) mass is 423 g/mol. The molecule has 2 unspecified atom stereocenters. The molecular weight excluding hydrogens is 394 g/mol. The van der Waals surface area contributed by atoms with E-state index in [1.54, 1.807) is 33.8 Å². The van der Waals surface area contributed by atoms with Crippen molar-refractivity contribution >= 4 is 23.9 Å². The smallest absolute Gasteiger partial charge is 0.321 e. The summed E-state index contributed by atoms with van der Waals surface area (Å²) >= 11 is 0. The first-order valence-corrected chi connectivity index (χ1v) is 9.83. The number of carbonyl (C=O) groups is 4. The van der Waals surface area contributed by atoms with Gasteiger partial charge in [0, 0.05) is 25.2 Å². The maximum atomic E-state index is 11.8. The molecular formula is C21H29NO8. The molecule has 0 aliphatic carbocycles. The quantitative estimate of drug-likeness (QED) is 0.405. The molecule has 30 heavy (non-hydrogen) atoms. The molecule has 1 aromatic carbocycles. The summed E-state index contributed by atoms with van der Waals surface area (Å²) < 4.78 is 15.6. The summed E-state index contributed by atoms with van der Waals surface area (Å²) in [6, 6.07) is 3.09. The lowest BCUT2D eigenvalue weighted by Gasteiger charge is -2.28. The molecule has 0 bridgehead atoms. The molecule has 9 nitrogen and oxygen atoms in total. The second kappa shape index (κ2) is 11.9. The zero-order chi connectivity index (χ0) is 22.8. The van der Waals surface area contributed by atoms with Crippen molar-refractivity contribution < 1.29 is 38.5 Å². The lowest BCUT2D eigenvalue weighted by Crippen LogP contribution is -2.40. The number of nitrogens with two attached hydrogens (primary N) is 1. The molecule has 0 heterocycles. The van der Waals surface area contributed by atoms with Crippen LogP contribution in [0.4, 0.5) is 0 Å². The highest BCUT2D eigenvalue weighted by molar-refractivity contribution is 5.77. The molecule has 9 heteroatoms. The first-order chi connectivity index (χ1) is 14.1. The minimum absolute atomic E-state index is 0.0125. The standard InChI is InChI=1S/C21H29NO8/c1-5-16(23)28-11-12(4)19(20(22)21(26)27)13-8-9-14(29-17(24)6-2)15(10-13)30-18(25)7-3/h8-10,12,19-20H,5-7,11,22H2,1-4H3,(H,26,27)/t12?,19?,20-/m0/s1. The maximum Gasteiger partial charge on any atom is 0.321 e. The van der Waals surface area contributed by atoms with Gasteiger partial charge in [0.2, 0.25) is 0 Å². The third kappa shape index (κ3) is 7.14. The van der Waals surface area contributed by atoms with Crippen molar-refractivity contribution in [3.05, 3.63) is 23.8 Å². The van der Waals surface area contributed by atoms with Crippen molar-refractivity contribution in [2.75, 3.05) is 6.61 Å². The molecule has 0 aliphatic rings. The normalized spacial score (nSPS) is 13.6. The Morgan fingerprint density at radius 1 is 0.933 bits per heavy atom. The van der Waals surface area contributed by atoms with Gasteiger partial charge >= 0.3 is 23.9 Å². The van der Waals surface area contributed by atoms with Crippen LogP contribution < -0.4 is 15.2 Å². The zero-order valence-corrected chi connectivity index (χ0v) is 17.7. The molecule has 0 saturated carbocycles. The molecule has 166 valence electrons. The zero-order valence-electron chi connectivity index (χ0n) is 17.7. The number of ether oxygens (including phenoxy) is 3. The Kier molecular flexibility index (Phi) is 9.97. The summed E-state index contributed by atoms with van der Waals surface area (Å²) in [6.45, 7) is 6.55. The highest BCUT2D eigenvalue weighted by atomic mass is 16.6. The van der Waals surface area contributed by atoms with E-state index in [4.69, 9.17) is 19.9 Å². The molecule has 0 saturated heterocycles. The van der Waals surface area contributed by atoms with Gasteiger partial charge in [-0.05, 0) is 23.6 Å². The molecule has 0 aromatic heterocycles. The summed E-state index contributed by atoms with van der Waals surface area (Å²) in [7, 11) is 0. The third-order valence-electron chi connectivity index (χ3n) is 4.46. The van der Waals surface area contributed by atoms with Gasteiger partial charge < -0.3 is 25.1 Å². The number of benzene rings is 1. The van der Waals surface area contributed by atoms with Crippen molar-refractivity contribution in [2.45, 2.75) is 58.9 Å².